The molecule has 0 aliphatic rings. The minimum absolute atomic E-state index is 0.133. The van der Waals surface area contributed by atoms with E-state index in [0.29, 0.717) is 12.5 Å². The lowest BCUT2D eigenvalue weighted by molar-refractivity contribution is -0.131. The average Bonchev–Trinajstić information content (AvgIpc) is 1.87. The summed E-state index contributed by atoms with van der Waals surface area (Å²) in [4.78, 5) is 11.0. The van der Waals surface area contributed by atoms with E-state index in [0.717, 1.165) is 6.42 Å². The third-order valence-corrected chi connectivity index (χ3v) is 1.51. The largest absolute Gasteiger partial charge is 0.370 e. The number of carbonyl (C=O) groups excluding carboxylic acids is 1. The Kier molecular flexibility index (Phi) is 5.12. The van der Waals surface area contributed by atoms with Crippen molar-refractivity contribution in [1.82, 2.24) is 0 Å². The molecule has 0 spiro atoms. The Balaban J connectivity index is 3.80. The second kappa shape index (κ2) is 5.30. The average molecular weight is 158 g/mol. The summed E-state index contributed by atoms with van der Waals surface area (Å²) >= 11 is 0. The molecule has 1 atom stereocenters. The SMILES string of the molecule is CCCOC(C(C)=O)C(C)C. The van der Waals surface area contributed by atoms with Crippen LogP contribution in [0, 0.1) is 5.92 Å². The van der Waals surface area contributed by atoms with Crippen molar-refractivity contribution in [2.45, 2.75) is 40.2 Å². The number of Topliss-reactive ketones (excluding diaryl/α,β-unsaturated/α-hetero) is 1. The van der Waals surface area contributed by atoms with Gasteiger partial charge < -0.3 is 4.74 Å². The number of carbonyl (C=O) groups is 1. The zero-order valence-corrected chi connectivity index (χ0v) is 7.89. The summed E-state index contributed by atoms with van der Waals surface area (Å²) in [5.41, 5.74) is 0. The number of rotatable bonds is 5. The van der Waals surface area contributed by atoms with Gasteiger partial charge in [-0.3, -0.25) is 4.79 Å². The molecule has 1 unspecified atom stereocenters. The van der Waals surface area contributed by atoms with Crippen LogP contribution in [0.2, 0.25) is 0 Å². The third-order valence-electron chi connectivity index (χ3n) is 1.51. The molecule has 2 nitrogen and oxygen atoms in total. The van der Waals surface area contributed by atoms with Crippen molar-refractivity contribution in [3.8, 4) is 0 Å². The van der Waals surface area contributed by atoms with Crippen molar-refractivity contribution in [1.29, 1.82) is 0 Å². The van der Waals surface area contributed by atoms with Gasteiger partial charge in [0, 0.05) is 6.61 Å². The topological polar surface area (TPSA) is 26.3 Å². The van der Waals surface area contributed by atoms with Crippen molar-refractivity contribution in [3.63, 3.8) is 0 Å². The highest BCUT2D eigenvalue weighted by Crippen LogP contribution is 2.07. The summed E-state index contributed by atoms with van der Waals surface area (Å²) in [6.45, 7) is 8.31. The standard InChI is InChI=1S/C9H18O2/c1-5-6-11-9(7(2)3)8(4)10/h7,9H,5-6H2,1-4H3. The highest BCUT2D eigenvalue weighted by molar-refractivity contribution is 5.80. The fourth-order valence-corrected chi connectivity index (χ4v) is 1.02. The Morgan fingerprint density at radius 3 is 2.27 bits per heavy atom. The number of hydrogen-bond donors (Lipinski definition) is 0. The first-order chi connectivity index (χ1) is 5.09. The van der Waals surface area contributed by atoms with E-state index in [1.165, 1.54) is 0 Å². The van der Waals surface area contributed by atoms with E-state index in [-0.39, 0.29) is 11.9 Å². The van der Waals surface area contributed by atoms with Crippen LogP contribution in [-0.4, -0.2) is 18.5 Å². The van der Waals surface area contributed by atoms with E-state index >= 15 is 0 Å². The van der Waals surface area contributed by atoms with Gasteiger partial charge in [0.2, 0.25) is 0 Å². The maximum Gasteiger partial charge on any atom is 0.158 e. The molecule has 0 radical (unpaired) electrons. The molecule has 0 aromatic carbocycles. The highest BCUT2D eigenvalue weighted by atomic mass is 16.5. The summed E-state index contributed by atoms with van der Waals surface area (Å²) in [5, 5.41) is 0. The minimum Gasteiger partial charge on any atom is -0.370 e. The van der Waals surface area contributed by atoms with Crippen LogP contribution in [-0.2, 0) is 9.53 Å². The van der Waals surface area contributed by atoms with E-state index in [1.54, 1.807) is 6.92 Å². The van der Waals surface area contributed by atoms with E-state index in [9.17, 15) is 4.79 Å². The van der Waals surface area contributed by atoms with Crippen molar-refractivity contribution >= 4 is 5.78 Å². The van der Waals surface area contributed by atoms with E-state index in [4.69, 9.17) is 4.74 Å². The molecule has 0 bridgehead atoms. The molecule has 0 aromatic heterocycles. The van der Waals surface area contributed by atoms with Crippen LogP contribution in [0.5, 0.6) is 0 Å². The van der Waals surface area contributed by atoms with Crippen molar-refractivity contribution in [2.24, 2.45) is 5.92 Å². The second-order valence-electron chi connectivity index (χ2n) is 3.15. The van der Waals surface area contributed by atoms with E-state index in [1.807, 2.05) is 20.8 Å². The molecule has 0 heterocycles. The van der Waals surface area contributed by atoms with Crippen LogP contribution in [0.4, 0.5) is 0 Å². The van der Waals surface area contributed by atoms with Gasteiger partial charge in [-0.05, 0) is 19.3 Å². The van der Waals surface area contributed by atoms with Crippen LogP contribution < -0.4 is 0 Å². The molecule has 0 saturated heterocycles. The first-order valence-electron chi connectivity index (χ1n) is 4.21. The Morgan fingerprint density at radius 2 is 2.00 bits per heavy atom. The smallest absolute Gasteiger partial charge is 0.158 e. The first kappa shape index (κ1) is 10.6. The number of ketones is 1. The lowest BCUT2D eigenvalue weighted by Gasteiger charge is -2.17. The molecule has 2 heteroatoms. The van der Waals surface area contributed by atoms with E-state index in [2.05, 4.69) is 0 Å². The summed E-state index contributed by atoms with van der Waals surface area (Å²) in [7, 11) is 0. The summed E-state index contributed by atoms with van der Waals surface area (Å²) < 4.78 is 5.36. The van der Waals surface area contributed by atoms with E-state index < -0.39 is 0 Å². The molecular formula is C9H18O2. The molecule has 11 heavy (non-hydrogen) atoms. The number of ether oxygens (including phenoxy) is 1. The summed E-state index contributed by atoms with van der Waals surface area (Å²) in [6, 6.07) is 0. The Hall–Kier alpha value is -0.370. The van der Waals surface area contributed by atoms with Gasteiger partial charge in [0.25, 0.3) is 0 Å². The fraction of sp³-hybridized carbons (Fsp3) is 0.889. The van der Waals surface area contributed by atoms with Gasteiger partial charge in [-0.15, -0.1) is 0 Å². The Bertz CT molecular complexity index is 119. The predicted molar refractivity (Wildman–Crippen MR) is 45.6 cm³/mol. The van der Waals surface area contributed by atoms with Crippen LogP contribution in [0.15, 0.2) is 0 Å². The van der Waals surface area contributed by atoms with Crippen molar-refractivity contribution in [3.05, 3.63) is 0 Å². The van der Waals surface area contributed by atoms with Gasteiger partial charge in [0.05, 0.1) is 0 Å². The lowest BCUT2D eigenvalue weighted by atomic mass is 10.0. The van der Waals surface area contributed by atoms with Gasteiger partial charge in [-0.25, -0.2) is 0 Å². The van der Waals surface area contributed by atoms with Gasteiger partial charge >= 0.3 is 0 Å². The Labute approximate surface area is 68.9 Å². The quantitative estimate of drug-likeness (QED) is 0.612. The van der Waals surface area contributed by atoms with Crippen LogP contribution >= 0.6 is 0 Å². The molecule has 0 aliphatic carbocycles. The molecule has 66 valence electrons. The number of hydrogen-bond acceptors (Lipinski definition) is 2. The van der Waals surface area contributed by atoms with Gasteiger partial charge in [-0.1, -0.05) is 20.8 Å². The third kappa shape index (κ3) is 4.14. The maximum absolute atomic E-state index is 11.0. The van der Waals surface area contributed by atoms with Crippen LogP contribution in [0.25, 0.3) is 0 Å². The minimum atomic E-state index is -0.199. The monoisotopic (exact) mass is 158 g/mol. The van der Waals surface area contributed by atoms with Crippen LogP contribution in [0.3, 0.4) is 0 Å². The summed E-state index contributed by atoms with van der Waals surface area (Å²) in [5.74, 6) is 0.424. The first-order valence-corrected chi connectivity index (χ1v) is 4.21. The molecule has 0 fully saturated rings. The van der Waals surface area contributed by atoms with Crippen LogP contribution in [0.1, 0.15) is 34.1 Å². The van der Waals surface area contributed by atoms with Gasteiger partial charge in [0.1, 0.15) is 6.10 Å². The highest BCUT2D eigenvalue weighted by Gasteiger charge is 2.17. The molecule has 0 aromatic rings. The van der Waals surface area contributed by atoms with Gasteiger partial charge in [-0.2, -0.15) is 0 Å². The zero-order valence-electron chi connectivity index (χ0n) is 7.89. The molecule has 0 aliphatic heterocycles. The maximum atomic E-state index is 11.0. The lowest BCUT2D eigenvalue weighted by Crippen LogP contribution is -2.27. The summed E-state index contributed by atoms with van der Waals surface area (Å²) in [6.07, 6.45) is 0.770. The molecule has 0 rings (SSSR count). The fourth-order valence-electron chi connectivity index (χ4n) is 1.02. The Morgan fingerprint density at radius 1 is 1.45 bits per heavy atom. The molecule has 0 amide bonds. The van der Waals surface area contributed by atoms with Crippen molar-refractivity contribution in [2.75, 3.05) is 6.61 Å². The normalized spacial score (nSPS) is 13.5. The predicted octanol–water partition coefficient (Wildman–Crippen LogP) is 2.03. The molecule has 0 N–H and O–H groups in total. The zero-order chi connectivity index (χ0) is 8.85. The molecular weight excluding hydrogens is 140 g/mol. The van der Waals surface area contributed by atoms with Crippen molar-refractivity contribution < 1.29 is 9.53 Å². The second-order valence-corrected chi connectivity index (χ2v) is 3.15. The molecule has 0 saturated carbocycles. The van der Waals surface area contributed by atoms with Gasteiger partial charge in [0.15, 0.2) is 5.78 Å².